The predicted molar refractivity (Wildman–Crippen MR) is 159 cm³/mol. The molecule has 1 amide bonds. The highest BCUT2D eigenvalue weighted by Gasteiger charge is 2.34. The molecule has 3 aromatic carbocycles. The number of thioether (sulfide) groups is 1. The normalized spacial score (nSPS) is 17.6. The summed E-state index contributed by atoms with van der Waals surface area (Å²) in [5.74, 6) is 0.906. The smallest absolute Gasteiger partial charge is 0.444 e. The molecule has 0 aliphatic carbocycles. The van der Waals surface area contributed by atoms with Gasteiger partial charge in [-0.2, -0.15) is 4.99 Å². The van der Waals surface area contributed by atoms with Crippen molar-refractivity contribution in [1.82, 2.24) is 14.8 Å². The molecule has 1 aromatic heterocycles. The lowest BCUT2D eigenvalue weighted by Gasteiger charge is -2.30. The number of aryl methyl sites for hydroxylation is 1. The van der Waals surface area contributed by atoms with E-state index in [2.05, 4.69) is 51.0 Å². The highest BCUT2D eigenvalue weighted by molar-refractivity contribution is 8.14. The zero-order chi connectivity index (χ0) is 31.0. The Hall–Kier alpha value is -4.65. The first-order valence-electron chi connectivity index (χ1n) is 13.6. The molecule has 6 rings (SSSR count). The maximum absolute atomic E-state index is 15.0. The topological polar surface area (TPSA) is 81.8 Å². The van der Waals surface area contributed by atoms with Crippen LogP contribution in [-0.4, -0.2) is 44.7 Å². The van der Waals surface area contributed by atoms with Crippen LogP contribution in [0, 0.1) is 6.92 Å². The van der Waals surface area contributed by atoms with Gasteiger partial charge in [-0.3, -0.25) is 4.90 Å². The summed E-state index contributed by atoms with van der Waals surface area (Å²) in [4.78, 5) is 22.9. The Labute approximate surface area is 254 Å². The minimum absolute atomic E-state index is 0.247. The Morgan fingerprint density at radius 3 is 2.59 bits per heavy atom. The second kappa shape index (κ2) is 11.8. The Bertz CT molecular complexity index is 1750. The van der Waals surface area contributed by atoms with Gasteiger partial charge < -0.3 is 9.47 Å². The van der Waals surface area contributed by atoms with Gasteiger partial charge in [0.2, 0.25) is 0 Å². The third kappa shape index (κ3) is 6.32. The average Bonchev–Trinajstić information content (AvgIpc) is 3.63. The number of aromatic nitrogens is 3. The van der Waals surface area contributed by atoms with Crippen molar-refractivity contribution in [3.05, 3.63) is 102 Å². The molecule has 0 saturated carbocycles. The number of ether oxygens (including phenoxy) is 2. The van der Waals surface area contributed by atoms with E-state index in [0.717, 1.165) is 22.5 Å². The van der Waals surface area contributed by atoms with Gasteiger partial charge in [-0.1, -0.05) is 61.2 Å². The number of benzene rings is 3. The maximum Gasteiger partial charge on any atom is 0.573 e. The summed E-state index contributed by atoms with van der Waals surface area (Å²) in [6.07, 6.45) is -3.66. The molecule has 2 aliphatic heterocycles. The van der Waals surface area contributed by atoms with Gasteiger partial charge in [-0.15, -0.1) is 18.3 Å². The fraction of sp³-hybridized carbons (Fsp3) is 0.226. The van der Waals surface area contributed by atoms with E-state index >= 15 is 0 Å². The van der Waals surface area contributed by atoms with Gasteiger partial charge in [0.1, 0.15) is 18.7 Å². The molecule has 1 saturated heterocycles. The number of amidine groups is 1. The monoisotopic (exact) mass is 623 g/mol. The molecular formula is C31H25F4N5O3S. The standard InChI is InChI=1S/C31H25F4N5O3S/c1-18-3-12-25-19(2)14-23-16-44-29(40(23)27(25)13-18)37-30(41)42-15-26(32)20-4-6-21(7-5-20)28-36-17-39(38-28)22-8-10-24(11-9-22)43-31(33,34)35/h3-14,17,19,26H,15-16H2,1-2H3. The maximum atomic E-state index is 15.0. The minimum atomic E-state index is -4.78. The van der Waals surface area contributed by atoms with E-state index in [1.807, 2.05) is 11.8 Å². The summed E-state index contributed by atoms with van der Waals surface area (Å²) in [5.41, 5.74) is 5.65. The number of rotatable bonds is 6. The van der Waals surface area contributed by atoms with Crippen LogP contribution in [0.2, 0.25) is 0 Å². The molecule has 2 unspecified atom stereocenters. The molecule has 0 spiro atoms. The van der Waals surface area contributed by atoms with Crippen molar-refractivity contribution in [2.24, 2.45) is 4.99 Å². The van der Waals surface area contributed by atoms with E-state index in [4.69, 9.17) is 4.74 Å². The fourth-order valence-electron chi connectivity index (χ4n) is 4.98. The third-order valence-electron chi connectivity index (χ3n) is 7.08. The van der Waals surface area contributed by atoms with E-state index in [1.54, 1.807) is 24.3 Å². The molecule has 0 bridgehead atoms. The van der Waals surface area contributed by atoms with Crippen LogP contribution in [0.5, 0.6) is 5.75 Å². The summed E-state index contributed by atoms with van der Waals surface area (Å²) in [6, 6.07) is 17.7. The van der Waals surface area contributed by atoms with Gasteiger partial charge in [0, 0.05) is 22.9 Å². The number of aliphatic imine (C=N–C) groups is 1. The van der Waals surface area contributed by atoms with Gasteiger partial charge in [0.25, 0.3) is 0 Å². The van der Waals surface area contributed by atoms with Crippen LogP contribution in [-0.2, 0) is 4.74 Å². The molecule has 4 aromatic rings. The molecule has 2 atom stereocenters. The first-order valence-corrected chi connectivity index (χ1v) is 14.5. The van der Waals surface area contributed by atoms with Crippen molar-refractivity contribution in [2.45, 2.75) is 32.3 Å². The molecule has 44 heavy (non-hydrogen) atoms. The average molecular weight is 624 g/mol. The van der Waals surface area contributed by atoms with E-state index in [9.17, 15) is 22.4 Å². The number of hydrogen-bond acceptors (Lipinski definition) is 6. The van der Waals surface area contributed by atoms with Crippen LogP contribution in [0.25, 0.3) is 17.1 Å². The van der Waals surface area contributed by atoms with Crippen LogP contribution < -0.4 is 9.64 Å². The Morgan fingerprint density at radius 1 is 1.11 bits per heavy atom. The highest BCUT2D eigenvalue weighted by atomic mass is 32.2. The van der Waals surface area contributed by atoms with Crippen molar-refractivity contribution >= 4 is 28.7 Å². The number of allylic oxidation sites excluding steroid dienone is 1. The molecule has 1 fully saturated rings. The molecule has 13 heteroatoms. The molecule has 8 nitrogen and oxygen atoms in total. The molecule has 2 aliphatic rings. The zero-order valence-corrected chi connectivity index (χ0v) is 24.3. The van der Waals surface area contributed by atoms with Gasteiger partial charge in [0.15, 0.2) is 17.2 Å². The van der Waals surface area contributed by atoms with E-state index in [-0.39, 0.29) is 11.7 Å². The highest BCUT2D eigenvalue weighted by Crippen LogP contribution is 2.43. The van der Waals surface area contributed by atoms with Crippen LogP contribution in [0.15, 0.2) is 89.8 Å². The lowest BCUT2D eigenvalue weighted by Crippen LogP contribution is -2.28. The number of nitrogens with zero attached hydrogens (tertiary/aromatic N) is 5. The van der Waals surface area contributed by atoms with Crippen molar-refractivity contribution in [2.75, 3.05) is 17.3 Å². The number of hydrogen-bond donors (Lipinski definition) is 0. The second-order valence-electron chi connectivity index (χ2n) is 10.2. The first-order chi connectivity index (χ1) is 21.0. The van der Waals surface area contributed by atoms with Crippen molar-refractivity contribution in [3.8, 4) is 22.8 Å². The van der Waals surface area contributed by atoms with Crippen LogP contribution in [0.4, 0.5) is 28.0 Å². The predicted octanol–water partition coefficient (Wildman–Crippen LogP) is 7.90. The minimum Gasteiger partial charge on any atom is -0.444 e. The molecule has 0 radical (unpaired) electrons. The second-order valence-corrected chi connectivity index (χ2v) is 11.2. The van der Waals surface area contributed by atoms with E-state index < -0.39 is 25.2 Å². The Kier molecular flexibility index (Phi) is 7.89. The molecule has 226 valence electrons. The quantitative estimate of drug-likeness (QED) is 0.202. The summed E-state index contributed by atoms with van der Waals surface area (Å²) in [6.45, 7) is 3.64. The van der Waals surface area contributed by atoms with E-state index in [0.29, 0.717) is 33.6 Å². The lowest BCUT2D eigenvalue weighted by molar-refractivity contribution is -0.274. The number of carbonyl (C=O) groups is 1. The van der Waals surface area contributed by atoms with Crippen molar-refractivity contribution < 1.29 is 31.8 Å². The van der Waals surface area contributed by atoms with Crippen LogP contribution >= 0.6 is 11.8 Å². The lowest BCUT2D eigenvalue weighted by atomic mass is 9.93. The number of amides is 1. The van der Waals surface area contributed by atoms with Crippen molar-refractivity contribution in [1.29, 1.82) is 0 Å². The van der Waals surface area contributed by atoms with Gasteiger partial charge in [0.05, 0.1) is 11.4 Å². The zero-order valence-electron chi connectivity index (χ0n) is 23.5. The summed E-state index contributed by atoms with van der Waals surface area (Å²) < 4.78 is 62.6. The molecule has 0 N–H and O–H groups in total. The number of halogens is 4. The third-order valence-corrected chi connectivity index (χ3v) is 8.06. The number of carbonyl (C=O) groups excluding carboxylic acids is 1. The Balaban J connectivity index is 1.07. The van der Waals surface area contributed by atoms with E-state index in [1.165, 1.54) is 47.0 Å². The van der Waals surface area contributed by atoms with Gasteiger partial charge in [-0.05, 0) is 53.9 Å². The summed E-state index contributed by atoms with van der Waals surface area (Å²) in [7, 11) is 0. The number of anilines is 1. The summed E-state index contributed by atoms with van der Waals surface area (Å²) in [5, 5.41) is 4.84. The van der Waals surface area contributed by atoms with Gasteiger partial charge >= 0.3 is 12.5 Å². The summed E-state index contributed by atoms with van der Waals surface area (Å²) >= 11 is 1.43. The molecular weight excluding hydrogens is 598 g/mol. The molecule has 3 heterocycles. The van der Waals surface area contributed by atoms with Crippen LogP contribution in [0.1, 0.15) is 35.7 Å². The Morgan fingerprint density at radius 2 is 1.86 bits per heavy atom. The number of fused-ring (bicyclic) bond motifs is 3. The first kappa shape index (κ1) is 29.4. The fourth-order valence-corrected chi connectivity index (χ4v) is 5.96. The SMILES string of the molecule is Cc1ccc2c(c1)N1C(=CC2C)CSC1=NC(=O)OCC(F)c1ccc(-c2ncn(-c3ccc(OC(F)(F)F)cc3)n2)cc1. The largest absolute Gasteiger partial charge is 0.573 e. The van der Waals surface area contributed by atoms with Crippen LogP contribution in [0.3, 0.4) is 0 Å². The van der Waals surface area contributed by atoms with Gasteiger partial charge in [-0.25, -0.2) is 18.9 Å². The number of alkyl halides is 4. The van der Waals surface area contributed by atoms with Crippen molar-refractivity contribution in [3.63, 3.8) is 0 Å².